The van der Waals surface area contributed by atoms with E-state index < -0.39 is 0 Å². The molecule has 6 heteroatoms. The molecule has 0 atom stereocenters. The zero-order chi connectivity index (χ0) is 12.3. The Morgan fingerprint density at radius 2 is 2.18 bits per heavy atom. The molecule has 3 N–H and O–H groups in total. The second-order valence-electron chi connectivity index (χ2n) is 3.44. The van der Waals surface area contributed by atoms with E-state index in [1.165, 1.54) is 12.4 Å². The van der Waals surface area contributed by atoms with Gasteiger partial charge in [-0.3, -0.25) is 10.1 Å². The minimum absolute atomic E-state index is 0.166. The Bertz CT molecular complexity index is 541. The Labute approximate surface area is 97.9 Å². The predicted molar refractivity (Wildman–Crippen MR) is 63.4 cm³/mol. The predicted octanol–water partition coefficient (Wildman–Crippen LogP) is 1.01. The monoisotopic (exact) mass is 229 g/mol. The fraction of sp³-hybridized carbons (Fsp3) is 0.0909. The van der Waals surface area contributed by atoms with Gasteiger partial charge in [0.2, 0.25) is 5.95 Å². The van der Waals surface area contributed by atoms with Crippen LogP contribution in [0.1, 0.15) is 15.9 Å². The summed E-state index contributed by atoms with van der Waals surface area (Å²) in [5.41, 5.74) is 7.53. The molecule has 86 valence electrons. The van der Waals surface area contributed by atoms with Crippen molar-refractivity contribution in [1.82, 2.24) is 15.2 Å². The average molecular weight is 229 g/mol. The van der Waals surface area contributed by atoms with Crippen LogP contribution in [-0.2, 0) is 0 Å². The van der Waals surface area contributed by atoms with E-state index in [-0.39, 0.29) is 11.9 Å². The lowest BCUT2D eigenvalue weighted by atomic mass is 10.1. The Kier molecular flexibility index (Phi) is 2.95. The fourth-order valence-corrected chi connectivity index (χ4v) is 1.37. The SMILES string of the molecule is Cc1c(N)cccc1C(=O)Nc1nccnn1. The van der Waals surface area contributed by atoms with Gasteiger partial charge < -0.3 is 5.73 Å². The number of carbonyl (C=O) groups excluding carboxylic acids is 1. The van der Waals surface area contributed by atoms with Crippen LogP contribution in [0.5, 0.6) is 0 Å². The molecular weight excluding hydrogens is 218 g/mol. The number of carbonyl (C=O) groups is 1. The van der Waals surface area contributed by atoms with Crippen molar-refractivity contribution in [2.75, 3.05) is 11.1 Å². The van der Waals surface area contributed by atoms with E-state index in [1.54, 1.807) is 25.1 Å². The van der Waals surface area contributed by atoms with Gasteiger partial charge in [0, 0.05) is 11.3 Å². The standard InChI is InChI=1S/C11H11N5O/c1-7-8(3-2-4-9(7)12)10(17)15-11-13-5-6-14-16-11/h2-6H,12H2,1H3,(H,13,15,16,17). The molecule has 17 heavy (non-hydrogen) atoms. The molecule has 6 nitrogen and oxygen atoms in total. The Morgan fingerprint density at radius 3 is 2.88 bits per heavy atom. The zero-order valence-electron chi connectivity index (χ0n) is 9.21. The molecule has 0 aliphatic rings. The number of rotatable bonds is 2. The molecular formula is C11H11N5O. The summed E-state index contributed by atoms with van der Waals surface area (Å²) in [5.74, 6) is -0.137. The van der Waals surface area contributed by atoms with Gasteiger partial charge in [-0.1, -0.05) is 6.07 Å². The highest BCUT2D eigenvalue weighted by atomic mass is 16.1. The first kappa shape index (κ1) is 11.0. The molecule has 0 fully saturated rings. The minimum atomic E-state index is -0.303. The quantitative estimate of drug-likeness (QED) is 0.749. The number of anilines is 2. The van der Waals surface area contributed by atoms with Gasteiger partial charge in [0.25, 0.3) is 5.91 Å². The second kappa shape index (κ2) is 4.56. The third-order valence-electron chi connectivity index (χ3n) is 2.33. The lowest BCUT2D eigenvalue weighted by Crippen LogP contribution is -2.16. The largest absolute Gasteiger partial charge is 0.398 e. The maximum Gasteiger partial charge on any atom is 0.258 e. The normalized spacial score (nSPS) is 9.94. The van der Waals surface area contributed by atoms with Gasteiger partial charge in [0.05, 0.1) is 12.4 Å². The van der Waals surface area contributed by atoms with Crippen LogP contribution < -0.4 is 11.1 Å². The molecule has 0 spiro atoms. The van der Waals surface area contributed by atoms with Gasteiger partial charge >= 0.3 is 0 Å². The van der Waals surface area contributed by atoms with Crippen molar-refractivity contribution >= 4 is 17.5 Å². The number of nitrogens with zero attached hydrogens (tertiary/aromatic N) is 3. The fourth-order valence-electron chi connectivity index (χ4n) is 1.37. The summed E-state index contributed by atoms with van der Waals surface area (Å²) in [6, 6.07) is 5.16. The number of nitrogen functional groups attached to an aromatic ring is 1. The molecule has 1 amide bonds. The Balaban J connectivity index is 2.24. The third kappa shape index (κ3) is 2.36. The van der Waals surface area contributed by atoms with Crippen molar-refractivity contribution in [2.45, 2.75) is 6.92 Å². The van der Waals surface area contributed by atoms with E-state index in [0.29, 0.717) is 11.3 Å². The highest BCUT2D eigenvalue weighted by molar-refractivity contribution is 6.05. The molecule has 0 saturated carbocycles. The van der Waals surface area contributed by atoms with Crippen LogP contribution in [0, 0.1) is 6.92 Å². The van der Waals surface area contributed by atoms with Gasteiger partial charge in [0.15, 0.2) is 0 Å². The number of amides is 1. The summed E-state index contributed by atoms with van der Waals surface area (Å²) < 4.78 is 0. The first-order valence-electron chi connectivity index (χ1n) is 4.98. The van der Waals surface area contributed by atoms with Crippen LogP contribution in [0.3, 0.4) is 0 Å². The van der Waals surface area contributed by atoms with Crippen molar-refractivity contribution in [1.29, 1.82) is 0 Å². The van der Waals surface area contributed by atoms with E-state index in [9.17, 15) is 4.79 Å². The third-order valence-corrected chi connectivity index (χ3v) is 2.33. The maximum absolute atomic E-state index is 11.9. The van der Waals surface area contributed by atoms with E-state index in [0.717, 1.165) is 5.56 Å². The van der Waals surface area contributed by atoms with E-state index in [2.05, 4.69) is 20.5 Å². The van der Waals surface area contributed by atoms with E-state index >= 15 is 0 Å². The van der Waals surface area contributed by atoms with Crippen molar-refractivity contribution in [2.24, 2.45) is 0 Å². The first-order valence-corrected chi connectivity index (χ1v) is 4.98. The Morgan fingerprint density at radius 1 is 1.35 bits per heavy atom. The number of benzene rings is 1. The molecule has 0 radical (unpaired) electrons. The second-order valence-corrected chi connectivity index (χ2v) is 3.44. The molecule has 0 aliphatic heterocycles. The van der Waals surface area contributed by atoms with Crippen LogP contribution >= 0.6 is 0 Å². The van der Waals surface area contributed by atoms with Gasteiger partial charge in [-0.25, -0.2) is 4.98 Å². The summed E-state index contributed by atoms with van der Waals surface area (Å²) in [5, 5.41) is 9.84. The van der Waals surface area contributed by atoms with Crippen LogP contribution in [0.25, 0.3) is 0 Å². The highest BCUT2D eigenvalue weighted by Crippen LogP contribution is 2.16. The molecule has 0 unspecified atom stereocenters. The summed E-state index contributed by atoms with van der Waals surface area (Å²) in [4.78, 5) is 15.8. The molecule has 0 bridgehead atoms. The van der Waals surface area contributed by atoms with Gasteiger partial charge in [0.1, 0.15) is 0 Å². The first-order chi connectivity index (χ1) is 8.18. The summed E-state index contributed by atoms with van der Waals surface area (Å²) >= 11 is 0. The van der Waals surface area contributed by atoms with Crippen molar-refractivity contribution in [3.8, 4) is 0 Å². The number of nitrogens with two attached hydrogens (primary N) is 1. The van der Waals surface area contributed by atoms with Crippen molar-refractivity contribution in [3.63, 3.8) is 0 Å². The van der Waals surface area contributed by atoms with Crippen molar-refractivity contribution in [3.05, 3.63) is 41.7 Å². The summed E-state index contributed by atoms with van der Waals surface area (Å²) in [6.45, 7) is 1.79. The number of hydrogen-bond donors (Lipinski definition) is 2. The van der Waals surface area contributed by atoms with Gasteiger partial charge in [-0.15, -0.1) is 5.10 Å². The smallest absolute Gasteiger partial charge is 0.258 e. The molecule has 2 rings (SSSR count). The van der Waals surface area contributed by atoms with Crippen LogP contribution in [0.2, 0.25) is 0 Å². The number of nitrogens with one attached hydrogen (secondary N) is 1. The summed E-state index contributed by atoms with van der Waals surface area (Å²) in [6.07, 6.45) is 2.89. The average Bonchev–Trinajstić information content (AvgIpc) is 2.34. The lowest BCUT2D eigenvalue weighted by molar-refractivity contribution is 0.102. The van der Waals surface area contributed by atoms with Crippen molar-refractivity contribution < 1.29 is 4.79 Å². The van der Waals surface area contributed by atoms with E-state index in [4.69, 9.17) is 5.73 Å². The minimum Gasteiger partial charge on any atom is -0.398 e. The van der Waals surface area contributed by atoms with Gasteiger partial charge in [-0.2, -0.15) is 5.10 Å². The Hall–Kier alpha value is -2.50. The van der Waals surface area contributed by atoms with Gasteiger partial charge in [-0.05, 0) is 24.6 Å². The zero-order valence-corrected chi connectivity index (χ0v) is 9.21. The number of aromatic nitrogens is 3. The van der Waals surface area contributed by atoms with Crippen LogP contribution in [0.4, 0.5) is 11.6 Å². The topological polar surface area (TPSA) is 93.8 Å². The highest BCUT2D eigenvalue weighted by Gasteiger charge is 2.11. The number of hydrogen-bond acceptors (Lipinski definition) is 5. The molecule has 1 aromatic heterocycles. The van der Waals surface area contributed by atoms with Crippen LogP contribution in [0.15, 0.2) is 30.6 Å². The molecule has 1 heterocycles. The summed E-state index contributed by atoms with van der Waals surface area (Å²) in [7, 11) is 0. The molecule has 2 aromatic rings. The van der Waals surface area contributed by atoms with E-state index in [1.807, 2.05) is 0 Å². The molecule has 0 aliphatic carbocycles. The lowest BCUT2D eigenvalue weighted by Gasteiger charge is -2.07. The molecule has 1 aromatic carbocycles. The maximum atomic E-state index is 11.9. The van der Waals surface area contributed by atoms with Crippen LogP contribution in [-0.4, -0.2) is 21.1 Å². The molecule has 0 saturated heterocycles.